The van der Waals surface area contributed by atoms with Crippen molar-refractivity contribution in [2.75, 3.05) is 26.8 Å². The van der Waals surface area contributed by atoms with Crippen LogP contribution in [0.2, 0.25) is 0 Å². The van der Waals surface area contributed by atoms with Crippen LogP contribution in [0.15, 0.2) is 24.3 Å². The summed E-state index contributed by atoms with van der Waals surface area (Å²) >= 11 is 0. The number of rotatable bonds is 7. The van der Waals surface area contributed by atoms with Crippen molar-refractivity contribution in [3.8, 4) is 5.75 Å². The highest BCUT2D eigenvalue weighted by Gasteiger charge is 2.22. The molecule has 0 atom stereocenters. The molecule has 0 heterocycles. The van der Waals surface area contributed by atoms with Crippen molar-refractivity contribution in [1.29, 1.82) is 0 Å². The van der Waals surface area contributed by atoms with Crippen molar-refractivity contribution in [3.05, 3.63) is 29.8 Å². The first-order valence-electron chi connectivity index (χ1n) is 6.15. The highest BCUT2D eigenvalue weighted by atomic mass is 16.5. The third-order valence-electron chi connectivity index (χ3n) is 3.22. The number of likely N-dealkylation sites (N-methyl/N-ethyl adjacent to an activating group) is 1. The Hall–Kier alpha value is -1.59. The summed E-state index contributed by atoms with van der Waals surface area (Å²) in [4.78, 5) is 13.0. The van der Waals surface area contributed by atoms with Crippen molar-refractivity contribution >= 4 is 5.97 Å². The van der Waals surface area contributed by atoms with Gasteiger partial charge >= 0.3 is 5.97 Å². The average molecular weight is 267 g/mol. The molecule has 5 heteroatoms. The van der Waals surface area contributed by atoms with Crippen LogP contribution in [0.3, 0.4) is 0 Å². The van der Waals surface area contributed by atoms with Crippen LogP contribution in [0, 0.1) is 0 Å². The van der Waals surface area contributed by atoms with E-state index in [-0.39, 0.29) is 17.7 Å². The second-order valence-corrected chi connectivity index (χ2v) is 5.04. The molecule has 0 fully saturated rings. The van der Waals surface area contributed by atoms with Crippen LogP contribution in [0.4, 0.5) is 0 Å². The number of hydrogen-bond donors (Lipinski definition) is 2. The van der Waals surface area contributed by atoms with Crippen LogP contribution in [0.25, 0.3) is 0 Å². The van der Waals surface area contributed by atoms with Crippen LogP contribution < -0.4 is 4.74 Å². The third-order valence-corrected chi connectivity index (χ3v) is 3.22. The highest BCUT2D eigenvalue weighted by Crippen LogP contribution is 2.18. The lowest BCUT2D eigenvalue weighted by Gasteiger charge is -2.33. The zero-order valence-corrected chi connectivity index (χ0v) is 11.6. The summed E-state index contributed by atoms with van der Waals surface area (Å²) in [6, 6.07) is 6.56. The molecular weight excluding hydrogens is 246 g/mol. The maximum Gasteiger partial charge on any atom is 0.339 e. The van der Waals surface area contributed by atoms with Gasteiger partial charge in [0.15, 0.2) is 0 Å². The van der Waals surface area contributed by atoms with Gasteiger partial charge in [0.25, 0.3) is 0 Å². The summed E-state index contributed by atoms with van der Waals surface area (Å²) in [7, 11) is 1.89. The summed E-state index contributed by atoms with van der Waals surface area (Å²) in [5.41, 5.74) is -0.165. The molecule has 0 spiro atoms. The fourth-order valence-electron chi connectivity index (χ4n) is 1.49. The van der Waals surface area contributed by atoms with Gasteiger partial charge in [-0.2, -0.15) is 0 Å². The van der Waals surface area contributed by atoms with Gasteiger partial charge in [0.2, 0.25) is 0 Å². The fraction of sp³-hybridized carbons (Fsp3) is 0.500. The van der Waals surface area contributed by atoms with Crippen molar-refractivity contribution in [2.24, 2.45) is 0 Å². The first-order chi connectivity index (χ1) is 8.88. The van der Waals surface area contributed by atoms with Crippen LogP contribution in [-0.4, -0.2) is 53.4 Å². The van der Waals surface area contributed by atoms with E-state index in [9.17, 15) is 9.90 Å². The normalized spacial score (nSPS) is 11.6. The molecule has 1 aromatic carbocycles. The second-order valence-electron chi connectivity index (χ2n) is 5.04. The van der Waals surface area contributed by atoms with E-state index in [1.807, 2.05) is 25.8 Å². The Labute approximate surface area is 113 Å². The number of carboxylic acid groups (broad SMARTS) is 1. The SMILES string of the molecule is CN(CCOc1ccccc1C(=O)O)C(C)(C)CO. The molecule has 2 N–H and O–H groups in total. The first-order valence-corrected chi connectivity index (χ1v) is 6.15. The number of carboxylic acids is 1. The van der Waals surface area contributed by atoms with Gasteiger partial charge in [0, 0.05) is 12.1 Å². The highest BCUT2D eigenvalue weighted by molar-refractivity contribution is 5.90. The maximum absolute atomic E-state index is 11.0. The predicted molar refractivity (Wildman–Crippen MR) is 72.7 cm³/mol. The largest absolute Gasteiger partial charge is 0.491 e. The molecule has 0 saturated carbocycles. The Morgan fingerprint density at radius 3 is 2.58 bits per heavy atom. The molecule has 0 aliphatic heterocycles. The molecule has 19 heavy (non-hydrogen) atoms. The topological polar surface area (TPSA) is 70.0 Å². The number of aromatic carboxylic acids is 1. The van der Waals surface area contributed by atoms with E-state index in [0.717, 1.165) is 0 Å². The Morgan fingerprint density at radius 1 is 1.37 bits per heavy atom. The van der Waals surface area contributed by atoms with Gasteiger partial charge in [-0.15, -0.1) is 0 Å². The van der Waals surface area contributed by atoms with Gasteiger partial charge in [-0.1, -0.05) is 12.1 Å². The number of nitrogens with zero attached hydrogens (tertiary/aromatic N) is 1. The minimum Gasteiger partial charge on any atom is -0.491 e. The van der Waals surface area contributed by atoms with Crippen LogP contribution in [0.1, 0.15) is 24.2 Å². The monoisotopic (exact) mass is 267 g/mol. The fourth-order valence-corrected chi connectivity index (χ4v) is 1.49. The number of aliphatic hydroxyl groups excluding tert-OH is 1. The van der Waals surface area contributed by atoms with E-state index in [2.05, 4.69) is 0 Å². The molecular formula is C14H21NO4. The third kappa shape index (κ3) is 4.22. The van der Waals surface area contributed by atoms with Crippen LogP contribution in [0.5, 0.6) is 5.75 Å². The van der Waals surface area contributed by atoms with Gasteiger partial charge in [-0.25, -0.2) is 4.79 Å². The number of benzene rings is 1. The van der Waals surface area contributed by atoms with Crippen molar-refractivity contribution in [2.45, 2.75) is 19.4 Å². The van der Waals surface area contributed by atoms with Gasteiger partial charge in [0.05, 0.1) is 6.61 Å². The number of aliphatic hydroxyl groups is 1. The molecule has 0 aliphatic rings. The Bertz CT molecular complexity index is 431. The van der Waals surface area contributed by atoms with E-state index < -0.39 is 5.97 Å². The molecule has 0 unspecified atom stereocenters. The Kier molecular flexibility index (Phi) is 5.32. The lowest BCUT2D eigenvalue weighted by atomic mass is 10.1. The zero-order chi connectivity index (χ0) is 14.5. The van der Waals surface area contributed by atoms with E-state index in [4.69, 9.17) is 9.84 Å². The summed E-state index contributed by atoms with van der Waals surface area (Å²) in [5.74, 6) is -0.634. The predicted octanol–water partition coefficient (Wildman–Crippen LogP) is 1.47. The summed E-state index contributed by atoms with van der Waals surface area (Å²) in [5, 5.41) is 18.3. The lowest BCUT2D eigenvalue weighted by Crippen LogP contribution is -2.45. The molecule has 0 amide bonds. The molecule has 0 aromatic heterocycles. The van der Waals surface area contributed by atoms with E-state index in [0.29, 0.717) is 18.9 Å². The van der Waals surface area contributed by atoms with E-state index in [1.54, 1.807) is 18.2 Å². The Balaban J connectivity index is 2.57. The molecule has 5 nitrogen and oxygen atoms in total. The number of hydrogen-bond acceptors (Lipinski definition) is 4. The molecule has 1 aromatic rings. The van der Waals surface area contributed by atoms with Crippen molar-refractivity contribution in [3.63, 3.8) is 0 Å². The number of para-hydroxylation sites is 1. The lowest BCUT2D eigenvalue weighted by molar-refractivity contribution is 0.0654. The van der Waals surface area contributed by atoms with Crippen LogP contribution >= 0.6 is 0 Å². The van der Waals surface area contributed by atoms with Crippen LogP contribution in [-0.2, 0) is 0 Å². The molecule has 0 bridgehead atoms. The van der Waals surface area contributed by atoms with Crippen molar-refractivity contribution in [1.82, 2.24) is 4.90 Å². The minimum atomic E-state index is -1.00. The maximum atomic E-state index is 11.0. The quantitative estimate of drug-likeness (QED) is 0.783. The summed E-state index contributed by atoms with van der Waals surface area (Å²) < 4.78 is 5.50. The molecule has 1 rings (SSSR count). The van der Waals surface area contributed by atoms with E-state index >= 15 is 0 Å². The molecule has 0 saturated heterocycles. The smallest absolute Gasteiger partial charge is 0.339 e. The van der Waals surface area contributed by atoms with Gasteiger partial charge in [-0.05, 0) is 33.0 Å². The van der Waals surface area contributed by atoms with Gasteiger partial charge in [-0.3, -0.25) is 4.90 Å². The Morgan fingerprint density at radius 2 is 2.00 bits per heavy atom. The van der Waals surface area contributed by atoms with Crippen molar-refractivity contribution < 1.29 is 19.7 Å². The standard InChI is InChI=1S/C14H21NO4/c1-14(2,10-16)15(3)8-9-19-12-7-5-4-6-11(12)13(17)18/h4-7,16H,8-10H2,1-3H3,(H,17,18). The number of carbonyl (C=O) groups is 1. The van der Waals surface area contributed by atoms with Gasteiger partial charge < -0.3 is 14.9 Å². The summed E-state index contributed by atoms with van der Waals surface area (Å²) in [6.07, 6.45) is 0. The second kappa shape index (κ2) is 6.54. The zero-order valence-electron chi connectivity index (χ0n) is 11.6. The number of ether oxygens (including phenoxy) is 1. The molecule has 0 aliphatic carbocycles. The average Bonchev–Trinajstić information content (AvgIpc) is 2.38. The first kappa shape index (κ1) is 15.5. The van der Waals surface area contributed by atoms with E-state index in [1.165, 1.54) is 6.07 Å². The molecule has 0 radical (unpaired) electrons. The molecule has 106 valence electrons. The minimum absolute atomic E-state index is 0.0508. The summed E-state index contributed by atoms with van der Waals surface area (Å²) in [6.45, 7) is 4.87. The van der Waals surface area contributed by atoms with Gasteiger partial charge in [0.1, 0.15) is 17.9 Å².